The van der Waals surface area contributed by atoms with E-state index in [9.17, 15) is 9.59 Å². The van der Waals surface area contributed by atoms with Gasteiger partial charge in [-0.15, -0.1) is 0 Å². The van der Waals surface area contributed by atoms with Gasteiger partial charge >= 0.3 is 0 Å². The maximum Gasteiger partial charge on any atom is 0.226 e. The van der Waals surface area contributed by atoms with E-state index in [1.807, 2.05) is 49.3 Å². The average Bonchev–Trinajstić information content (AvgIpc) is 2.39. The number of likely N-dealkylation sites (N-methyl/N-ethyl adjacent to an activating group) is 1. The summed E-state index contributed by atoms with van der Waals surface area (Å²) in [6, 6.07) is 9.32. The Hall–Kier alpha value is -1.88. The molecule has 0 aliphatic carbocycles. The van der Waals surface area contributed by atoms with Gasteiger partial charge in [0.05, 0.1) is 0 Å². The zero-order valence-electron chi connectivity index (χ0n) is 12.4. The molecule has 5 nitrogen and oxygen atoms in total. The molecule has 1 aromatic rings. The first-order valence-corrected chi connectivity index (χ1v) is 6.74. The van der Waals surface area contributed by atoms with Crippen LogP contribution in [0, 0.1) is 0 Å². The maximum atomic E-state index is 11.8. The second kappa shape index (κ2) is 8.32. The van der Waals surface area contributed by atoms with Gasteiger partial charge in [0, 0.05) is 38.7 Å². The van der Waals surface area contributed by atoms with Crippen molar-refractivity contribution >= 4 is 17.5 Å². The van der Waals surface area contributed by atoms with Crippen molar-refractivity contribution in [1.82, 2.24) is 9.80 Å². The summed E-state index contributed by atoms with van der Waals surface area (Å²) in [5.74, 6) is -0.0772. The molecule has 0 atom stereocenters. The van der Waals surface area contributed by atoms with Crippen LogP contribution in [0.4, 0.5) is 5.69 Å². The molecule has 0 spiro atoms. The Balaban J connectivity index is 2.39. The van der Waals surface area contributed by atoms with Gasteiger partial charge in [-0.2, -0.15) is 0 Å². The highest BCUT2D eigenvalue weighted by atomic mass is 16.2. The van der Waals surface area contributed by atoms with E-state index >= 15 is 0 Å². The number of anilines is 1. The lowest BCUT2D eigenvalue weighted by Gasteiger charge is -2.22. The first-order chi connectivity index (χ1) is 9.49. The van der Waals surface area contributed by atoms with Crippen LogP contribution < -0.4 is 5.32 Å². The number of amides is 2. The van der Waals surface area contributed by atoms with Crippen LogP contribution >= 0.6 is 0 Å². The Morgan fingerprint density at radius 3 is 2.25 bits per heavy atom. The molecule has 5 heteroatoms. The summed E-state index contributed by atoms with van der Waals surface area (Å²) in [7, 11) is 3.92. The molecule has 0 aliphatic rings. The monoisotopic (exact) mass is 277 g/mol. The lowest BCUT2D eigenvalue weighted by atomic mass is 10.3. The molecule has 20 heavy (non-hydrogen) atoms. The number of carbonyl (C=O) groups is 2. The van der Waals surface area contributed by atoms with Crippen molar-refractivity contribution in [3.63, 3.8) is 0 Å². The normalized spacial score (nSPS) is 10.4. The van der Waals surface area contributed by atoms with Crippen LogP contribution in [0.15, 0.2) is 30.3 Å². The molecule has 0 heterocycles. The Labute approximate surface area is 120 Å². The Kier molecular flexibility index (Phi) is 6.73. The molecule has 0 radical (unpaired) electrons. The minimum atomic E-state index is -0.0766. The molecule has 0 saturated heterocycles. The molecule has 1 rings (SSSR count). The number of para-hydroxylation sites is 1. The Bertz CT molecular complexity index is 432. The molecule has 0 aliphatic heterocycles. The maximum absolute atomic E-state index is 11.8. The van der Waals surface area contributed by atoms with E-state index in [0.29, 0.717) is 19.5 Å². The summed E-state index contributed by atoms with van der Waals surface area (Å²) >= 11 is 0. The van der Waals surface area contributed by atoms with Crippen molar-refractivity contribution < 1.29 is 9.59 Å². The van der Waals surface area contributed by atoms with Gasteiger partial charge in [-0.3, -0.25) is 9.59 Å². The highest BCUT2D eigenvalue weighted by Gasteiger charge is 2.11. The number of nitrogens with zero attached hydrogens (tertiary/aromatic N) is 2. The number of hydrogen-bond donors (Lipinski definition) is 1. The van der Waals surface area contributed by atoms with E-state index in [4.69, 9.17) is 0 Å². The molecular weight excluding hydrogens is 254 g/mol. The quantitative estimate of drug-likeness (QED) is 0.820. The van der Waals surface area contributed by atoms with Crippen LogP contribution in [0.3, 0.4) is 0 Å². The SMILES string of the molecule is CC(=O)N(CCC(=O)Nc1ccccc1)CCN(C)C. The van der Waals surface area contributed by atoms with Crippen LogP contribution in [-0.4, -0.2) is 55.3 Å². The number of rotatable bonds is 7. The van der Waals surface area contributed by atoms with E-state index in [1.165, 1.54) is 6.92 Å². The fraction of sp³-hybridized carbons (Fsp3) is 0.467. The van der Waals surface area contributed by atoms with Crippen LogP contribution in [0.1, 0.15) is 13.3 Å². The fourth-order valence-corrected chi connectivity index (χ4v) is 1.73. The summed E-state index contributed by atoms with van der Waals surface area (Å²) in [6.07, 6.45) is 0.307. The first kappa shape index (κ1) is 16.2. The molecule has 1 aromatic carbocycles. The Morgan fingerprint density at radius 1 is 1.05 bits per heavy atom. The number of nitrogens with one attached hydrogen (secondary N) is 1. The highest BCUT2D eigenvalue weighted by Crippen LogP contribution is 2.05. The van der Waals surface area contributed by atoms with Gasteiger partial charge in [-0.05, 0) is 26.2 Å². The van der Waals surface area contributed by atoms with Gasteiger partial charge in [0.15, 0.2) is 0 Å². The molecule has 0 unspecified atom stereocenters. The van der Waals surface area contributed by atoms with E-state index in [1.54, 1.807) is 4.90 Å². The predicted molar refractivity (Wildman–Crippen MR) is 80.5 cm³/mol. The van der Waals surface area contributed by atoms with Gasteiger partial charge in [0.25, 0.3) is 0 Å². The van der Waals surface area contributed by atoms with Crippen molar-refractivity contribution in [2.45, 2.75) is 13.3 Å². The lowest BCUT2D eigenvalue weighted by molar-refractivity contribution is -0.129. The number of benzene rings is 1. The molecule has 1 N–H and O–H groups in total. The van der Waals surface area contributed by atoms with E-state index in [-0.39, 0.29) is 11.8 Å². The van der Waals surface area contributed by atoms with Crippen molar-refractivity contribution in [3.8, 4) is 0 Å². The minimum Gasteiger partial charge on any atom is -0.341 e. The smallest absolute Gasteiger partial charge is 0.226 e. The number of carbonyl (C=O) groups excluding carboxylic acids is 2. The summed E-state index contributed by atoms with van der Waals surface area (Å²) in [5.41, 5.74) is 0.778. The van der Waals surface area contributed by atoms with Crippen LogP contribution in [0.2, 0.25) is 0 Å². The summed E-state index contributed by atoms with van der Waals surface area (Å²) < 4.78 is 0. The lowest BCUT2D eigenvalue weighted by Crippen LogP contribution is -2.37. The molecule has 0 bridgehead atoms. The van der Waals surface area contributed by atoms with Gasteiger partial charge in [0.1, 0.15) is 0 Å². The van der Waals surface area contributed by atoms with E-state index in [2.05, 4.69) is 5.32 Å². The molecule has 2 amide bonds. The summed E-state index contributed by atoms with van der Waals surface area (Å²) in [6.45, 7) is 3.41. The third kappa shape index (κ3) is 6.33. The summed E-state index contributed by atoms with van der Waals surface area (Å²) in [5, 5.41) is 2.81. The molecular formula is C15H23N3O2. The van der Waals surface area contributed by atoms with Gasteiger partial charge in [-0.1, -0.05) is 18.2 Å². The molecule has 0 fully saturated rings. The van der Waals surface area contributed by atoms with Crippen molar-refractivity contribution in [2.24, 2.45) is 0 Å². The van der Waals surface area contributed by atoms with Gasteiger partial charge in [-0.25, -0.2) is 0 Å². The van der Waals surface area contributed by atoms with Crippen LogP contribution in [0.5, 0.6) is 0 Å². The standard InChI is InChI=1S/C15H23N3O2/c1-13(19)18(12-11-17(2)3)10-9-15(20)16-14-7-5-4-6-8-14/h4-8H,9-12H2,1-3H3,(H,16,20). The second-order valence-corrected chi connectivity index (χ2v) is 4.97. The largest absolute Gasteiger partial charge is 0.341 e. The topological polar surface area (TPSA) is 52.7 Å². The van der Waals surface area contributed by atoms with Crippen LogP contribution in [0.25, 0.3) is 0 Å². The van der Waals surface area contributed by atoms with Crippen molar-refractivity contribution in [1.29, 1.82) is 0 Å². The van der Waals surface area contributed by atoms with Gasteiger partial charge in [0.2, 0.25) is 11.8 Å². The average molecular weight is 277 g/mol. The Morgan fingerprint density at radius 2 is 1.70 bits per heavy atom. The third-order valence-electron chi connectivity index (χ3n) is 2.93. The number of hydrogen-bond acceptors (Lipinski definition) is 3. The zero-order chi connectivity index (χ0) is 15.0. The third-order valence-corrected chi connectivity index (χ3v) is 2.93. The molecule has 0 aromatic heterocycles. The van der Waals surface area contributed by atoms with Crippen LogP contribution in [-0.2, 0) is 9.59 Å². The zero-order valence-corrected chi connectivity index (χ0v) is 12.4. The minimum absolute atomic E-state index is 0.000592. The highest BCUT2D eigenvalue weighted by molar-refractivity contribution is 5.91. The fourth-order valence-electron chi connectivity index (χ4n) is 1.73. The predicted octanol–water partition coefficient (Wildman–Crippen LogP) is 1.43. The summed E-state index contributed by atoms with van der Waals surface area (Å²) in [4.78, 5) is 27.0. The second-order valence-electron chi connectivity index (χ2n) is 4.97. The van der Waals surface area contributed by atoms with E-state index in [0.717, 1.165) is 12.2 Å². The first-order valence-electron chi connectivity index (χ1n) is 6.74. The van der Waals surface area contributed by atoms with Crippen molar-refractivity contribution in [2.75, 3.05) is 39.0 Å². The van der Waals surface area contributed by atoms with Gasteiger partial charge < -0.3 is 15.1 Å². The molecule has 110 valence electrons. The van der Waals surface area contributed by atoms with Crippen molar-refractivity contribution in [3.05, 3.63) is 30.3 Å². The molecule has 0 saturated carbocycles. The van der Waals surface area contributed by atoms with E-state index < -0.39 is 0 Å².